The van der Waals surface area contributed by atoms with Crippen molar-refractivity contribution < 1.29 is 28.5 Å². The van der Waals surface area contributed by atoms with Gasteiger partial charge in [0.05, 0.1) is 28.4 Å². The molecule has 28 heavy (non-hydrogen) atoms. The lowest BCUT2D eigenvalue weighted by Gasteiger charge is -2.37. The lowest BCUT2D eigenvalue weighted by atomic mass is 9.77. The summed E-state index contributed by atoms with van der Waals surface area (Å²) in [5.74, 6) is 1.60. The SMILES string of the molecule is COC(=O)C1(NC(=O)CCc2ccc(OC)c(OC)c2OC)CCC(C)CC1. The Balaban J connectivity index is 2.10. The van der Waals surface area contributed by atoms with Gasteiger partial charge in [0.25, 0.3) is 0 Å². The molecule has 0 heterocycles. The predicted octanol–water partition coefficient (Wildman–Crippen LogP) is 2.88. The van der Waals surface area contributed by atoms with Crippen molar-refractivity contribution in [2.75, 3.05) is 28.4 Å². The van der Waals surface area contributed by atoms with E-state index in [1.165, 1.54) is 7.11 Å². The second-order valence-corrected chi connectivity index (χ2v) is 7.30. The standard InChI is InChI=1S/C21H31NO6/c1-14-10-12-21(13-11-14,20(24)28-5)22-17(23)9-7-15-6-8-16(25-2)19(27-4)18(15)26-3/h6,8,14H,7,9-13H2,1-5H3,(H,22,23). The maximum Gasteiger partial charge on any atom is 0.331 e. The van der Waals surface area contributed by atoms with Crippen LogP contribution in [0.25, 0.3) is 0 Å². The molecular formula is C21H31NO6. The molecule has 1 amide bonds. The van der Waals surface area contributed by atoms with Gasteiger partial charge in [0, 0.05) is 6.42 Å². The Hall–Kier alpha value is -2.44. The molecule has 0 bridgehead atoms. The maximum atomic E-state index is 12.7. The first-order chi connectivity index (χ1) is 13.4. The molecule has 1 aromatic rings. The van der Waals surface area contributed by atoms with Crippen molar-refractivity contribution in [3.63, 3.8) is 0 Å². The highest BCUT2D eigenvalue weighted by atomic mass is 16.5. The van der Waals surface area contributed by atoms with Crippen molar-refractivity contribution in [2.45, 2.75) is 51.0 Å². The molecule has 0 atom stereocenters. The third-order valence-corrected chi connectivity index (χ3v) is 5.49. The number of benzene rings is 1. The second-order valence-electron chi connectivity index (χ2n) is 7.30. The fraction of sp³-hybridized carbons (Fsp3) is 0.619. The van der Waals surface area contributed by atoms with Gasteiger partial charge in [-0.2, -0.15) is 0 Å². The number of rotatable bonds is 8. The highest BCUT2D eigenvalue weighted by Crippen LogP contribution is 2.40. The van der Waals surface area contributed by atoms with Crippen LogP contribution >= 0.6 is 0 Å². The summed E-state index contributed by atoms with van der Waals surface area (Å²) in [6, 6.07) is 3.64. The zero-order valence-electron chi connectivity index (χ0n) is 17.4. The molecule has 0 aromatic heterocycles. The number of amides is 1. The van der Waals surface area contributed by atoms with Gasteiger partial charge in [-0.3, -0.25) is 4.79 Å². The fourth-order valence-corrected chi connectivity index (χ4v) is 3.77. The Labute approximate surface area is 166 Å². The average Bonchev–Trinajstić information content (AvgIpc) is 2.72. The minimum atomic E-state index is -0.917. The fourth-order valence-electron chi connectivity index (χ4n) is 3.77. The molecule has 2 rings (SSSR count). The molecule has 0 saturated heterocycles. The van der Waals surface area contributed by atoms with Crippen LogP contribution in [0.1, 0.15) is 44.6 Å². The smallest absolute Gasteiger partial charge is 0.331 e. The number of carbonyl (C=O) groups is 2. The molecule has 1 saturated carbocycles. The summed E-state index contributed by atoms with van der Waals surface area (Å²) in [4.78, 5) is 25.0. The third-order valence-electron chi connectivity index (χ3n) is 5.49. The molecular weight excluding hydrogens is 362 g/mol. The summed E-state index contributed by atoms with van der Waals surface area (Å²) in [5.41, 5.74) is -0.0836. The van der Waals surface area contributed by atoms with Gasteiger partial charge < -0.3 is 24.3 Å². The number of ether oxygens (including phenoxy) is 4. The van der Waals surface area contributed by atoms with E-state index in [-0.39, 0.29) is 18.3 Å². The molecule has 1 N–H and O–H groups in total. The van der Waals surface area contributed by atoms with Crippen molar-refractivity contribution in [2.24, 2.45) is 5.92 Å². The van der Waals surface area contributed by atoms with Crippen LogP contribution in [-0.2, 0) is 20.7 Å². The molecule has 0 aliphatic heterocycles. The van der Waals surface area contributed by atoms with Crippen molar-refractivity contribution in [3.8, 4) is 17.2 Å². The van der Waals surface area contributed by atoms with Gasteiger partial charge >= 0.3 is 5.97 Å². The van der Waals surface area contributed by atoms with Crippen LogP contribution in [-0.4, -0.2) is 45.9 Å². The molecule has 0 radical (unpaired) electrons. The van der Waals surface area contributed by atoms with Crippen LogP contribution in [0, 0.1) is 5.92 Å². The molecule has 7 heteroatoms. The number of hydrogen-bond donors (Lipinski definition) is 1. The van der Waals surface area contributed by atoms with Gasteiger partial charge in [-0.05, 0) is 49.7 Å². The van der Waals surface area contributed by atoms with Crippen molar-refractivity contribution in [1.82, 2.24) is 5.32 Å². The number of esters is 1. The Morgan fingerprint density at radius 3 is 2.21 bits per heavy atom. The largest absolute Gasteiger partial charge is 0.493 e. The Kier molecular flexibility index (Phi) is 7.54. The first-order valence-corrected chi connectivity index (χ1v) is 9.58. The summed E-state index contributed by atoms with van der Waals surface area (Å²) in [6.07, 6.45) is 3.65. The Bertz CT molecular complexity index is 694. The number of hydrogen-bond acceptors (Lipinski definition) is 6. The van der Waals surface area contributed by atoms with E-state index >= 15 is 0 Å². The lowest BCUT2D eigenvalue weighted by molar-refractivity contribution is -0.153. The quantitative estimate of drug-likeness (QED) is 0.684. The molecule has 0 spiro atoms. The highest BCUT2D eigenvalue weighted by molar-refractivity contribution is 5.88. The topological polar surface area (TPSA) is 83.1 Å². The van der Waals surface area contributed by atoms with E-state index in [0.717, 1.165) is 18.4 Å². The van der Waals surface area contributed by atoms with E-state index in [1.54, 1.807) is 27.4 Å². The Morgan fingerprint density at radius 2 is 1.68 bits per heavy atom. The Morgan fingerprint density at radius 1 is 1.04 bits per heavy atom. The summed E-state index contributed by atoms with van der Waals surface area (Å²) < 4.78 is 21.1. The first-order valence-electron chi connectivity index (χ1n) is 9.58. The van der Waals surface area contributed by atoms with Crippen LogP contribution in [0.15, 0.2) is 12.1 Å². The number of nitrogens with one attached hydrogen (secondary N) is 1. The predicted molar refractivity (Wildman–Crippen MR) is 105 cm³/mol. The molecule has 1 aromatic carbocycles. The van der Waals surface area contributed by atoms with E-state index in [2.05, 4.69) is 12.2 Å². The van der Waals surface area contributed by atoms with E-state index in [4.69, 9.17) is 18.9 Å². The number of methoxy groups -OCH3 is 4. The summed E-state index contributed by atoms with van der Waals surface area (Å²) in [7, 11) is 6.02. The second kappa shape index (κ2) is 9.66. The summed E-state index contributed by atoms with van der Waals surface area (Å²) in [6.45, 7) is 2.16. The van der Waals surface area contributed by atoms with E-state index in [9.17, 15) is 9.59 Å². The number of aryl methyl sites for hydroxylation is 1. The molecule has 1 aliphatic rings. The van der Waals surface area contributed by atoms with Crippen molar-refractivity contribution >= 4 is 11.9 Å². The van der Waals surface area contributed by atoms with Crippen LogP contribution < -0.4 is 19.5 Å². The zero-order valence-corrected chi connectivity index (χ0v) is 17.4. The first kappa shape index (κ1) is 21.9. The van der Waals surface area contributed by atoms with E-state index in [1.807, 2.05) is 6.07 Å². The van der Waals surface area contributed by atoms with Crippen LogP contribution in [0.5, 0.6) is 17.2 Å². The molecule has 0 unspecified atom stereocenters. The van der Waals surface area contributed by atoms with E-state index < -0.39 is 5.54 Å². The van der Waals surface area contributed by atoms with Crippen LogP contribution in [0.2, 0.25) is 0 Å². The van der Waals surface area contributed by atoms with Gasteiger partial charge in [0.2, 0.25) is 11.7 Å². The van der Waals surface area contributed by atoms with Gasteiger partial charge in [-0.25, -0.2) is 4.79 Å². The average molecular weight is 393 g/mol. The maximum absolute atomic E-state index is 12.7. The molecule has 7 nitrogen and oxygen atoms in total. The molecule has 1 fully saturated rings. The van der Waals surface area contributed by atoms with Crippen molar-refractivity contribution in [3.05, 3.63) is 17.7 Å². The van der Waals surface area contributed by atoms with Gasteiger partial charge in [-0.1, -0.05) is 13.0 Å². The van der Waals surface area contributed by atoms with Crippen molar-refractivity contribution in [1.29, 1.82) is 0 Å². The van der Waals surface area contributed by atoms with Gasteiger partial charge in [-0.15, -0.1) is 0 Å². The summed E-state index contributed by atoms with van der Waals surface area (Å²) >= 11 is 0. The highest BCUT2D eigenvalue weighted by Gasteiger charge is 2.43. The van der Waals surface area contributed by atoms with Gasteiger partial charge in [0.1, 0.15) is 5.54 Å². The zero-order chi connectivity index (χ0) is 20.7. The minimum absolute atomic E-state index is 0.184. The summed E-state index contributed by atoms with van der Waals surface area (Å²) in [5, 5.41) is 2.95. The third kappa shape index (κ3) is 4.69. The van der Waals surface area contributed by atoms with Gasteiger partial charge in [0.15, 0.2) is 11.5 Å². The van der Waals surface area contributed by atoms with E-state index in [0.29, 0.717) is 42.4 Å². The normalized spacial score (nSPS) is 21.5. The van der Waals surface area contributed by atoms with Crippen LogP contribution in [0.4, 0.5) is 0 Å². The number of carbonyl (C=O) groups excluding carboxylic acids is 2. The molecule has 156 valence electrons. The minimum Gasteiger partial charge on any atom is -0.493 e. The van der Waals surface area contributed by atoms with Crippen LogP contribution in [0.3, 0.4) is 0 Å². The molecule has 1 aliphatic carbocycles. The monoisotopic (exact) mass is 393 g/mol. The lowest BCUT2D eigenvalue weighted by Crippen LogP contribution is -2.56.